The van der Waals surface area contributed by atoms with Crippen molar-refractivity contribution in [1.82, 2.24) is 15.8 Å². The fraction of sp³-hybridized carbons (Fsp3) is 0.214. The standard InChI is InChI=1S/C14H14BrN3/c15-12-6-11(8-16-9-12)14-7-13(17-18-14)10-4-2-1-3-5-10/h1-6,8-9,13-14,17-18H,7H2. The van der Waals surface area contributed by atoms with Crippen LogP contribution in [-0.4, -0.2) is 4.98 Å². The Kier molecular flexibility index (Phi) is 3.41. The molecule has 2 unspecified atom stereocenters. The Morgan fingerprint density at radius 3 is 2.44 bits per heavy atom. The minimum atomic E-state index is 0.306. The Morgan fingerprint density at radius 1 is 1.00 bits per heavy atom. The fourth-order valence-corrected chi connectivity index (χ4v) is 2.68. The Bertz CT molecular complexity index is 530. The summed E-state index contributed by atoms with van der Waals surface area (Å²) < 4.78 is 1.02. The van der Waals surface area contributed by atoms with Crippen molar-refractivity contribution >= 4 is 15.9 Å². The molecule has 1 aliphatic rings. The topological polar surface area (TPSA) is 37.0 Å². The van der Waals surface area contributed by atoms with Gasteiger partial charge in [-0.15, -0.1) is 0 Å². The minimum Gasteiger partial charge on any atom is -0.263 e. The molecule has 1 fully saturated rings. The van der Waals surface area contributed by atoms with Crippen LogP contribution < -0.4 is 10.9 Å². The molecule has 92 valence electrons. The smallest absolute Gasteiger partial charge is 0.0496 e. The molecule has 1 aromatic heterocycles. The highest BCUT2D eigenvalue weighted by Gasteiger charge is 2.26. The van der Waals surface area contributed by atoms with Crippen LogP contribution in [-0.2, 0) is 0 Å². The number of pyridine rings is 1. The van der Waals surface area contributed by atoms with Gasteiger partial charge in [-0.2, -0.15) is 0 Å². The van der Waals surface area contributed by atoms with E-state index in [4.69, 9.17) is 0 Å². The second-order valence-electron chi connectivity index (χ2n) is 4.48. The number of nitrogens with zero attached hydrogens (tertiary/aromatic N) is 1. The van der Waals surface area contributed by atoms with E-state index in [9.17, 15) is 0 Å². The summed E-state index contributed by atoms with van der Waals surface area (Å²) in [5.41, 5.74) is 9.20. The van der Waals surface area contributed by atoms with Crippen molar-refractivity contribution in [3.8, 4) is 0 Å². The minimum absolute atomic E-state index is 0.306. The van der Waals surface area contributed by atoms with Crippen LogP contribution in [0.2, 0.25) is 0 Å². The summed E-state index contributed by atoms with van der Waals surface area (Å²) in [6.07, 6.45) is 4.75. The van der Waals surface area contributed by atoms with Gasteiger partial charge in [-0.1, -0.05) is 30.3 Å². The van der Waals surface area contributed by atoms with E-state index in [1.54, 1.807) is 6.20 Å². The van der Waals surface area contributed by atoms with Crippen molar-refractivity contribution in [3.05, 3.63) is 64.4 Å². The van der Waals surface area contributed by atoms with E-state index in [0.29, 0.717) is 12.1 Å². The Labute approximate surface area is 115 Å². The maximum atomic E-state index is 4.21. The number of hydrazine groups is 1. The molecule has 3 nitrogen and oxygen atoms in total. The van der Waals surface area contributed by atoms with Gasteiger partial charge in [0.1, 0.15) is 0 Å². The Balaban J connectivity index is 1.76. The molecule has 4 heteroatoms. The predicted molar refractivity (Wildman–Crippen MR) is 74.7 cm³/mol. The van der Waals surface area contributed by atoms with Gasteiger partial charge in [-0.25, -0.2) is 10.9 Å². The highest BCUT2D eigenvalue weighted by Crippen LogP contribution is 2.30. The molecule has 2 heterocycles. The first kappa shape index (κ1) is 11.8. The second-order valence-corrected chi connectivity index (χ2v) is 5.39. The highest BCUT2D eigenvalue weighted by atomic mass is 79.9. The molecule has 0 amide bonds. The summed E-state index contributed by atoms with van der Waals surface area (Å²) in [5.74, 6) is 0. The maximum Gasteiger partial charge on any atom is 0.0496 e. The first-order valence-corrected chi connectivity index (χ1v) is 6.78. The molecule has 2 N–H and O–H groups in total. The predicted octanol–water partition coefficient (Wildman–Crippen LogP) is 3.12. The summed E-state index contributed by atoms with van der Waals surface area (Å²) >= 11 is 3.46. The normalized spacial score (nSPS) is 23.2. The molecule has 2 atom stereocenters. The van der Waals surface area contributed by atoms with Crippen molar-refractivity contribution in [3.63, 3.8) is 0 Å². The van der Waals surface area contributed by atoms with Gasteiger partial charge in [-0.3, -0.25) is 4.98 Å². The number of hydrogen-bond donors (Lipinski definition) is 2. The van der Waals surface area contributed by atoms with Crippen LogP contribution in [0.5, 0.6) is 0 Å². The summed E-state index contributed by atoms with van der Waals surface area (Å²) in [6, 6.07) is 13.3. The van der Waals surface area contributed by atoms with Crippen molar-refractivity contribution < 1.29 is 0 Å². The lowest BCUT2D eigenvalue weighted by atomic mass is 9.99. The van der Waals surface area contributed by atoms with Crippen molar-refractivity contribution in [2.45, 2.75) is 18.5 Å². The molecule has 1 saturated heterocycles. The number of nitrogens with one attached hydrogen (secondary N) is 2. The zero-order valence-corrected chi connectivity index (χ0v) is 11.4. The van der Waals surface area contributed by atoms with E-state index in [1.165, 1.54) is 11.1 Å². The molecule has 0 radical (unpaired) electrons. The molecule has 2 aromatic rings. The molecule has 3 rings (SSSR count). The van der Waals surface area contributed by atoms with Crippen LogP contribution in [0, 0.1) is 0 Å². The second kappa shape index (κ2) is 5.18. The lowest BCUT2D eigenvalue weighted by Gasteiger charge is -2.09. The molecular formula is C14H14BrN3. The van der Waals surface area contributed by atoms with Gasteiger partial charge in [0.25, 0.3) is 0 Å². The van der Waals surface area contributed by atoms with E-state index in [2.05, 4.69) is 62.1 Å². The van der Waals surface area contributed by atoms with Gasteiger partial charge in [0.05, 0.1) is 0 Å². The molecule has 1 aliphatic heterocycles. The van der Waals surface area contributed by atoms with Crippen LogP contribution in [0.4, 0.5) is 0 Å². The highest BCUT2D eigenvalue weighted by molar-refractivity contribution is 9.10. The lowest BCUT2D eigenvalue weighted by molar-refractivity contribution is 0.554. The van der Waals surface area contributed by atoms with Crippen LogP contribution in [0.1, 0.15) is 29.6 Å². The molecule has 1 aromatic carbocycles. The zero-order valence-electron chi connectivity index (χ0n) is 9.81. The molecular weight excluding hydrogens is 290 g/mol. The van der Waals surface area contributed by atoms with E-state index in [-0.39, 0.29) is 0 Å². The van der Waals surface area contributed by atoms with Crippen molar-refractivity contribution in [1.29, 1.82) is 0 Å². The number of halogens is 1. The van der Waals surface area contributed by atoms with E-state index in [0.717, 1.165) is 10.9 Å². The first-order chi connectivity index (χ1) is 8.83. The summed E-state index contributed by atoms with van der Waals surface area (Å²) in [4.78, 5) is 4.21. The van der Waals surface area contributed by atoms with Gasteiger partial charge >= 0.3 is 0 Å². The molecule has 0 saturated carbocycles. The third-order valence-electron chi connectivity index (χ3n) is 3.23. The SMILES string of the molecule is Brc1cncc(C2CC(c3ccccc3)NN2)c1. The van der Waals surface area contributed by atoms with Gasteiger partial charge in [0.15, 0.2) is 0 Å². The molecule has 0 spiro atoms. The van der Waals surface area contributed by atoms with E-state index < -0.39 is 0 Å². The lowest BCUT2D eigenvalue weighted by Crippen LogP contribution is -2.26. The van der Waals surface area contributed by atoms with Gasteiger partial charge in [0, 0.05) is 29.0 Å². The first-order valence-electron chi connectivity index (χ1n) is 5.99. The van der Waals surface area contributed by atoms with Gasteiger partial charge < -0.3 is 0 Å². The van der Waals surface area contributed by atoms with Crippen LogP contribution >= 0.6 is 15.9 Å². The Hall–Kier alpha value is -1.23. The summed E-state index contributed by atoms with van der Waals surface area (Å²) in [6.45, 7) is 0. The van der Waals surface area contributed by atoms with E-state index >= 15 is 0 Å². The number of aromatic nitrogens is 1. The van der Waals surface area contributed by atoms with E-state index in [1.807, 2.05) is 12.3 Å². The van der Waals surface area contributed by atoms with Gasteiger partial charge in [-0.05, 0) is 39.5 Å². The quantitative estimate of drug-likeness (QED) is 0.895. The largest absolute Gasteiger partial charge is 0.263 e. The molecule has 0 bridgehead atoms. The number of benzene rings is 1. The fourth-order valence-electron chi connectivity index (χ4n) is 2.30. The zero-order chi connectivity index (χ0) is 12.4. The van der Waals surface area contributed by atoms with Crippen molar-refractivity contribution in [2.75, 3.05) is 0 Å². The summed E-state index contributed by atoms with van der Waals surface area (Å²) in [7, 11) is 0. The van der Waals surface area contributed by atoms with Gasteiger partial charge in [0.2, 0.25) is 0 Å². The third kappa shape index (κ3) is 2.46. The average Bonchev–Trinajstić information content (AvgIpc) is 2.89. The maximum absolute atomic E-state index is 4.21. The third-order valence-corrected chi connectivity index (χ3v) is 3.67. The van der Waals surface area contributed by atoms with Crippen LogP contribution in [0.15, 0.2) is 53.3 Å². The number of rotatable bonds is 2. The Morgan fingerprint density at radius 2 is 1.72 bits per heavy atom. The van der Waals surface area contributed by atoms with Crippen molar-refractivity contribution in [2.24, 2.45) is 0 Å². The monoisotopic (exact) mass is 303 g/mol. The van der Waals surface area contributed by atoms with Crippen LogP contribution in [0.3, 0.4) is 0 Å². The average molecular weight is 304 g/mol. The molecule has 18 heavy (non-hydrogen) atoms. The molecule has 0 aliphatic carbocycles. The number of hydrogen-bond acceptors (Lipinski definition) is 3. The summed E-state index contributed by atoms with van der Waals surface area (Å²) in [5, 5.41) is 0. The van der Waals surface area contributed by atoms with Crippen LogP contribution in [0.25, 0.3) is 0 Å².